The third kappa shape index (κ3) is 5.51. The Bertz CT molecular complexity index is 898. The van der Waals surface area contributed by atoms with Crippen LogP contribution in [0.5, 0.6) is 0 Å². The summed E-state index contributed by atoms with van der Waals surface area (Å²) in [7, 11) is -4.65. The van der Waals surface area contributed by atoms with E-state index in [1.807, 2.05) is 0 Å². The highest BCUT2D eigenvalue weighted by molar-refractivity contribution is 7.80. The largest absolute Gasteiger partial charge is 0.397 e. The van der Waals surface area contributed by atoms with E-state index < -0.39 is 47.8 Å². The van der Waals surface area contributed by atoms with E-state index in [0.29, 0.717) is 19.3 Å². The number of fused-ring (bicyclic) bond motifs is 5. The summed E-state index contributed by atoms with van der Waals surface area (Å²) >= 11 is 0. The molecule has 0 bridgehead atoms. The number of rotatable bonds is 9. The van der Waals surface area contributed by atoms with Gasteiger partial charge in [-0.25, -0.2) is 4.18 Å². The standard InChI is InChI=1S/C27H48O9S/c1-15(4-7-22(30)16(13-28)14-36-37(33,34)35)19-5-6-20-25-21(12-24(32)27(19,20)3)26(2)9-8-18(29)10-17(26)11-23(25)31/h15-25,28-32H,4-14H2,1-3H3,(H,33,34,35)/t15-,16+,17+,18-,19?,20?,21?,22-,23-,24+,25?,26+,27-/m1/s1. The Kier molecular flexibility index (Phi) is 8.75. The lowest BCUT2D eigenvalue weighted by molar-refractivity contribution is -0.207. The van der Waals surface area contributed by atoms with Crippen molar-refractivity contribution in [2.75, 3.05) is 13.2 Å². The number of aliphatic hydroxyl groups excluding tert-OH is 5. The Balaban J connectivity index is 1.45. The molecule has 0 aromatic rings. The Hall–Kier alpha value is -0.330. The van der Waals surface area contributed by atoms with Crippen LogP contribution in [-0.2, 0) is 14.6 Å². The minimum absolute atomic E-state index is 0.0304. The van der Waals surface area contributed by atoms with Crippen LogP contribution in [-0.4, -0.2) is 76.1 Å². The highest BCUT2D eigenvalue weighted by atomic mass is 32.3. The van der Waals surface area contributed by atoms with Crippen molar-refractivity contribution in [2.45, 2.75) is 103 Å². The van der Waals surface area contributed by atoms with Crippen molar-refractivity contribution in [2.24, 2.45) is 52.3 Å². The maximum atomic E-state index is 11.7. The first-order chi connectivity index (χ1) is 17.2. The third-order valence-corrected chi connectivity index (χ3v) is 12.1. The van der Waals surface area contributed by atoms with Crippen molar-refractivity contribution >= 4 is 10.4 Å². The molecule has 10 heteroatoms. The zero-order valence-electron chi connectivity index (χ0n) is 22.4. The molecule has 6 N–H and O–H groups in total. The summed E-state index contributed by atoms with van der Waals surface area (Å²) in [5, 5.41) is 53.5. The van der Waals surface area contributed by atoms with Crippen molar-refractivity contribution in [1.29, 1.82) is 0 Å². The second-order valence-electron chi connectivity index (χ2n) is 13.3. The molecule has 0 saturated heterocycles. The van der Waals surface area contributed by atoms with Crippen LogP contribution >= 0.6 is 0 Å². The molecule has 4 unspecified atom stereocenters. The molecule has 13 atom stereocenters. The smallest absolute Gasteiger partial charge is 0.396 e. The number of hydrogen-bond acceptors (Lipinski definition) is 8. The fourth-order valence-electron chi connectivity index (χ4n) is 9.46. The average molecular weight is 549 g/mol. The fraction of sp³-hybridized carbons (Fsp3) is 1.00. The highest BCUT2D eigenvalue weighted by Gasteiger charge is 2.65. The molecule has 4 aliphatic rings. The molecule has 0 aromatic carbocycles. The summed E-state index contributed by atoms with van der Waals surface area (Å²) in [5.74, 6) is 0.439. The lowest BCUT2D eigenvalue weighted by atomic mass is 9.43. The summed E-state index contributed by atoms with van der Waals surface area (Å²) < 4.78 is 34.9. The van der Waals surface area contributed by atoms with Crippen LogP contribution in [0.2, 0.25) is 0 Å². The molecule has 37 heavy (non-hydrogen) atoms. The third-order valence-electron chi connectivity index (χ3n) is 11.6. The minimum atomic E-state index is -4.65. The van der Waals surface area contributed by atoms with Crippen LogP contribution in [0.4, 0.5) is 0 Å². The van der Waals surface area contributed by atoms with Gasteiger partial charge in [-0.05, 0) is 104 Å². The fourth-order valence-corrected chi connectivity index (χ4v) is 9.81. The summed E-state index contributed by atoms with van der Waals surface area (Å²) in [6.07, 6.45) is 4.54. The zero-order valence-corrected chi connectivity index (χ0v) is 23.3. The lowest BCUT2D eigenvalue weighted by Gasteiger charge is -2.63. The van der Waals surface area contributed by atoms with E-state index >= 15 is 0 Å². The van der Waals surface area contributed by atoms with Gasteiger partial charge in [0.15, 0.2) is 0 Å². The molecule has 0 radical (unpaired) electrons. The first-order valence-electron chi connectivity index (χ1n) is 14.2. The molecular weight excluding hydrogens is 500 g/mol. The number of hydrogen-bond donors (Lipinski definition) is 6. The summed E-state index contributed by atoms with van der Waals surface area (Å²) in [5.41, 5.74) is -0.309. The van der Waals surface area contributed by atoms with Gasteiger partial charge < -0.3 is 25.5 Å². The Labute approximate surface area is 221 Å². The molecule has 0 amide bonds. The molecule has 4 rings (SSSR count). The molecule has 216 valence electrons. The van der Waals surface area contributed by atoms with E-state index in [-0.39, 0.29) is 52.4 Å². The van der Waals surface area contributed by atoms with Gasteiger partial charge in [0.2, 0.25) is 0 Å². The Morgan fingerprint density at radius 2 is 1.70 bits per heavy atom. The highest BCUT2D eigenvalue weighted by Crippen LogP contribution is 2.68. The maximum Gasteiger partial charge on any atom is 0.397 e. The SMILES string of the molecule is C[C@H](CC[C@@H](O)[C@@H](CO)COS(=O)(=O)O)C1CCC2C3C(C[C@H](O)[C@@]21C)[C@@]1(C)CC[C@@H](O)C[C@H]1C[C@H]3O. The predicted octanol–water partition coefficient (Wildman–Crippen LogP) is 2.15. The van der Waals surface area contributed by atoms with Gasteiger partial charge in [-0.15, -0.1) is 0 Å². The van der Waals surface area contributed by atoms with Gasteiger partial charge in [-0.2, -0.15) is 8.42 Å². The van der Waals surface area contributed by atoms with E-state index in [9.17, 15) is 34.0 Å². The molecule has 9 nitrogen and oxygen atoms in total. The van der Waals surface area contributed by atoms with E-state index in [4.69, 9.17) is 4.55 Å². The Morgan fingerprint density at radius 3 is 2.35 bits per heavy atom. The van der Waals surface area contributed by atoms with Crippen LogP contribution in [0, 0.1) is 52.3 Å². The van der Waals surface area contributed by atoms with Crippen LogP contribution in [0.3, 0.4) is 0 Å². The van der Waals surface area contributed by atoms with Gasteiger partial charge >= 0.3 is 10.4 Å². The van der Waals surface area contributed by atoms with Gasteiger partial charge in [-0.3, -0.25) is 4.55 Å². The van der Waals surface area contributed by atoms with Crippen molar-refractivity contribution < 1.29 is 42.7 Å². The average Bonchev–Trinajstić information content (AvgIpc) is 3.17. The Morgan fingerprint density at radius 1 is 1.00 bits per heavy atom. The van der Waals surface area contributed by atoms with Crippen molar-refractivity contribution in [3.63, 3.8) is 0 Å². The van der Waals surface area contributed by atoms with Crippen molar-refractivity contribution in [1.82, 2.24) is 0 Å². The van der Waals surface area contributed by atoms with E-state index in [1.165, 1.54) is 0 Å². The topological polar surface area (TPSA) is 165 Å². The molecule has 0 heterocycles. The summed E-state index contributed by atoms with van der Waals surface area (Å²) in [6.45, 7) is 5.67. The first-order valence-corrected chi connectivity index (χ1v) is 15.5. The normalized spacial score (nSPS) is 46.4. The van der Waals surface area contributed by atoms with Crippen LogP contribution in [0.15, 0.2) is 0 Å². The molecular formula is C27H48O9S. The van der Waals surface area contributed by atoms with Gasteiger partial charge in [0, 0.05) is 5.92 Å². The van der Waals surface area contributed by atoms with Crippen LogP contribution in [0.25, 0.3) is 0 Å². The maximum absolute atomic E-state index is 11.7. The lowest BCUT2D eigenvalue weighted by Crippen LogP contribution is -2.62. The van der Waals surface area contributed by atoms with Crippen molar-refractivity contribution in [3.8, 4) is 0 Å². The van der Waals surface area contributed by atoms with E-state index in [0.717, 1.165) is 38.5 Å². The monoisotopic (exact) mass is 548 g/mol. The summed E-state index contributed by atoms with van der Waals surface area (Å²) in [4.78, 5) is 0. The molecule has 4 saturated carbocycles. The van der Waals surface area contributed by atoms with Gasteiger partial charge in [0.25, 0.3) is 0 Å². The zero-order chi connectivity index (χ0) is 27.3. The van der Waals surface area contributed by atoms with Gasteiger partial charge in [-0.1, -0.05) is 20.8 Å². The van der Waals surface area contributed by atoms with Gasteiger partial charge in [0.1, 0.15) is 0 Å². The number of aliphatic hydroxyl groups is 5. The molecule has 0 aromatic heterocycles. The van der Waals surface area contributed by atoms with E-state index in [1.54, 1.807) is 0 Å². The molecule has 4 fully saturated rings. The van der Waals surface area contributed by atoms with Crippen molar-refractivity contribution in [3.05, 3.63) is 0 Å². The van der Waals surface area contributed by atoms with Crippen LogP contribution in [0.1, 0.15) is 78.6 Å². The molecule has 4 aliphatic carbocycles. The quantitative estimate of drug-likeness (QED) is 0.237. The van der Waals surface area contributed by atoms with E-state index in [2.05, 4.69) is 25.0 Å². The van der Waals surface area contributed by atoms with Crippen LogP contribution < -0.4 is 0 Å². The minimum Gasteiger partial charge on any atom is -0.396 e. The summed E-state index contributed by atoms with van der Waals surface area (Å²) in [6, 6.07) is 0. The molecule has 0 spiro atoms. The molecule has 0 aliphatic heterocycles. The predicted molar refractivity (Wildman–Crippen MR) is 136 cm³/mol. The van der Waals surface area contributed by atoms with Gasteiger partial charge in [0.05, 0.1) is 37.6 Å². The second kappa shape index (κ2) is 10.9. The second-order valence-corrected chi connectivity index (χ2v) is 14.4. The first kappa shape index (κ1) is 29.6.